The third-order valence-electron chi connectivity index (χ3n) is 2.54. The molecule has 1 fully saturated rings. The molecule has 1 aromatic carbocycles. The highest BCUT2D eigenvalue weighted by Crippen LogP contribution is 2.28. The Morgan fingerprint density at radius 3 is 2.73 bits per heavy atom. The highest BCUT2D eigenvalue weighted by atomic mass is 16.5. The number of nitrogens with one attached hydrogen (secondary N) is 1. The lowest BCUT2D eigenvalue weighted by atomic mass is 10.0. The summed E-state index contributed by atoms with van der Waals surface area (Å²) in [4.78, 5) is 0. The van der Waals surface area contributed by atoms with Gasteiger partial charge in [-0.05, 0) is 24.6 Å². The van der Waals surface area contributed by atoms with Crippen molar-refractivity contribution in [2.45, 2.75) is 19.0 Å². The summed E-state index contributed by atoms with van der Waals surface area (Å²) in [6.07, 6.45) is 0. The summed E-state index contributed by atoms with van der Waals surface area (Å²) in [5, 5.41) is 21.9. The van der Waals surface area contributed by atoms with Gasteiger partial charge in [-0.25, -0.2) is 0 Å². The van der Waals surface area contributed by atoms with Crippen LogP contribution in [0, 0.1) is 0 Å². The molecule has 0 aromatic heterocycles. The van der Waals surface area contributed by atoms with E-state index in [-0.39, 0.29) is 17.5 Å². The van der Waals surface area contributed by atoms with Crippen LogP contribution in [-0.2, 0) is 4.74 Å². The Kier molecular flexibility index (Phi) is 2.79. The SMILES string of the molecule is CC1COCC(c2ccc(O)c(O)c2)N1. The maximum absolute atomic E-state index is 9.38. The first kappa shape index (κ1) is 10.3. The van der Waals surface area contributed by atoms with E-state index in [9.17, 15) is 10.2 Å². The fourth-order valence-electron chi connectivity index (χ4n) is 1.75. The average molecular weight is 209 g/mol. The molecule has 0 spiro atoms. The second-order valence-corrected chi connectivity index (χ2v) is 3.91. The van der Waals surface area contributed by atoms with E-state index >= 15 is 0 Å². The molecule has 15 heavy (non-hydrogen) atoms. The van der Waals surface area contributed by atoms with Crippen LogP contribution in [-0.4, -0.2) is 29.5 Å². The molecule has 1 saturated heterocycles. The molecule has 4 nitrogen and oxygen atoms in total. The molecule has 0 bridgehead atoms. The minimum Gasteiger partial charge on any atom is -0.504 e. The third kappa shape index (κ3) is 2.22. The molecule has 82 valence electrons. The van der Waals surface area contributed by atoms with Crippen molar-refractivity contribution < 1.29 is 14.9 Å². The second kappa shape index (κ2) is 4.08. The number of rotatable bonds is 1. The van der Waals surface area contributed by atoms with Gasteiger partial charge in [-0.1, -0.05) is 6.07 Å². The highest BCUT2D eigenvalue weighted by molar-refractivity contribution is 5.41. The maximum atomic E-state index is 9.38. The summed E-state index contributed by atoms with van der Waals surface area (Å²) in [7, 11) is 0. The molecule has 0 saturated carbocycles. The Balaban J connectivity index is 2.18. The van der Waals surface area contributed by atoms with Crippen molar-refractivity contribution in [2.24, 2.45) is 0 Å². The first-order valence-corrected chi connectivity index (χ1v) is 5.02. The zero-order valence-electron chi connectivity index (χ0n) is 8.60. The molecule has 1 heterocycles. The first-order chi connectivity index (χ1) is 7.16. The summed E-state index contributed by atoms with van der Waals surface area (Å²) in [5.74, 6) is -0.184. The quantitative estimate of drug-likeness (QED) is 0.607. The van der Waals surface area contributed by atoms with E-state index in [4.69, 9.17) is 4.74 Å². The molecule has 1 aromatic rings. The van der Waals surface area contributed by atoms with E-state index in [1.807, 2.05) is 6.92 Å². The second-order valence-electron chi connectivity index (χ2n) is 3.91. The van der Waals surface area contributed by atoms with Crippen LogP contribution in [0.15, 0.2) is 18.2 Å². The lowest BCUT2D eigenvalue weighted by Crippen LogP contribution is -2.41. The summed E-state index contributed by atoms with van der Waals surface area (Å²) in [6.45, 7) is 3.35. The molecule has 0 amide bonds. The van der Waals surface area contributed by atoms with E-state index in [1.165, 1.54) is 6.07 Å². The fraction of sp³-hybridized carbons (Fsp3) is 0.455. The van der Waals surface area contributed by atoms with Gasteiger partial charge in [0.05, 0.1) is 19.3 Å². The molecule has 2 unspecified atom stereocenters. The Morgan fingerprint density at radius 1 is 1.27 bits per heavy atom. The van der Waals surface area contributed by atoms with Gasteiger partial charge in [0.1, 0.15) is 0 Å². The van der Waals surface area contributed by atoms with Gasteiger partial charge in [-0.15, -0.1) is 0 Å². The predicted molar refractivity (Wildman–Crippen MR) is 55.9 cm³/mol. The van der Waals surface area contributed by atoms with Crippen LogP contribution >= 0.6 is 0 Å². The number of phenolic OH excluding ortho intramolecular Hbond substituents is 2. The van der Waals surface area contributed by atoms with Gasteiger partial charge in [0, 0.05) is 6.04 Å². The molecule has 3 N–H and O–H groups in total. The van der Waals surface area contributed by atoms with E-state index in [0.29, 0.717) is 19.3 Å². The summed E-state index contributed by atoms with van der Waals surface area (Å²) in [6, 6.07) is 5.23. The molecular weight excluding hydrogens is 194 g/mol. The molecule has 0 aliphatic carbocycles. The van der Waals surface area contributed by atoms with Crippen molar-refractivity contribution in [3.63, 3.8) is 0 Å². The summed E-state index contributed by atoms with van der Waals surface area (Å²) >= 11 is 0. The number of hydrogen-bond donors (Lipinski definition) is 3. The van der Waals surface area contributed by atoms with E-state index in [0.717, 1.165) is 5.56 Å². The molecule has 4 heteroatoms. The van der Waals surface area contributed by atoms with Crippen LogP contribution in [0.2, 0.25) is 0 Å². The molecule has 2 rings (SSSR count). The van der Waals surface area contributed by atoms with Crippen molar-refractivity contribution in [1.82, 2.24) is 5.32 Å². The van der Waals surface area contributed by atoms with E-state index in [1.54, 1.807) is 12.1 Å². The Bertz CT molecular complexity index is 354. The predicted octanol–water partition coefficient (Wildman–Crippen LogP) is 1.15. The minimum atomic E-state index is -0.0940. The lowest BCUT2D eigenvalue weighted by Gasteiger charge is -2.29. The number of aromatic hydroxyl groups is 2. The normalized spacial score (nSPS) is 26.5. The highest BCUT2D eigenvalue weighted by Gasteiger charge is 2.20. The van der Waals surface area contributed by atoms with Crippen molar-refractivity contribution in [2.75, 3.05) is 13.2 Å². The van der Waals surface area contributed by atoms with Gasteiger partial charge >= 0.3 is 0 Å². The number of morpholine rings is 1. The van der Waals surface area contributed by atoms with Gasteiger partial charge in [0.15, 0.2) is 11.5 Å². The van der Waals surface area contributed by atoms with Crippen molar-refractivity contribution in [3.05, 3.63) is 23.8 Å². The number of phenols is 2. The first-order valence-electron chi connectivity index (χ1n) is 5.02. The average Bonchev–Trinajstić information content (AvgIpc) is 2.22. The van der Waals surface area contributed by atoms with E-state index in [2.05, 4.69) is 5.32 Å². The molecular formula is C11H15NO3. The summed E-state index contributed by atoms with van der Waals surface area (Å²) < 4.78 is 5.41. The van der Waals surface area contributed by atoms with Gasteiger partial charge in [-0.3, -0.25) is 0 Å². The van der Waals surface area contributed by atoms with Crippen molar-refractivity contribution in [1.29, 1.82) is 0 Å². The fourth-order valence-corrected chi connectivity index (χ4v) is 1.75. The third-order valence-corrected chi connectivity index (χ3v) is 2.54. The van der Waals surface area contributed by atoms with Gasteiger partial charge in [0.25, 0.3) is 0 Å². The summed E-state index contributed by atoms with van der Waals surface area (Å²) in [5.41, 5.74) is 0.928. The Hall–Kier alpha value is -1.26. The van der Waals surface area contributed by atoms with Crippen LogP contribution in [0.5, 0.6) is 11.5 Å². The number of benzene rings is 1. The zero-order chi connectivity index (χ0) is 10.8. The minimum absolute atomic E-state index is 0.0836. The largest absolute Gasteiger partial charge is 0.504 e. The van der Waals surface area contributed by atoms with E-state index < -0.39 is 0 Å². The van der Waals surface area contributed by atoms with Crippen LogP contribution in [0.1, 0.15) is 18.5 Å². The number of hydrogen-bond acceptors (Lipinski definition) is 4. The Labute approximate surface area is 88.5 Å². The van der Waals surface area contributed by atoms with Crippen LogP contribution in [0.25, 0.3) is 0 Å². The Morgan fingerprint density at radius 2 is 2.07 bits per heavy atom. The topological polar surface area (TPSA) is 61.7 Å². The van der Waals surface area contributed by atoms with Crippen LogP contribution in [0.3, 0.4) is 0 Å². The zero-order valence-corrected chi connectivity index (χ0v) is 8.60. The molecule has 2 atom stereocenters. The van der Waals surface area contributed by atoms with Crippen LogP contribution < -0.4 is 5.32 Å². The maximum Gasteiger partial charge on any atom is 0.157 e. The van der Waals surface area contributed by atoms with Gasteiger partial charge in [0.2, 0.25) is 0 Å². The molecule has 1 aliphatic rings. The van der Waals surface area contributed by atoms with Crippen LogP contribution in [0.4, 0.5) is 0 Å². The van der Waals surface area contributed by atoms with Crippen molar-refractivity contribution in [3.8, 4) is 11.5 Å². The van der Waals surface area contributed by atoms with Gasteiger partial charge in [-0.2, -0.15) is 0 Å². The molecule has 0 radical (unpaired) electrons. The monoisotopic (exact) mass is 209 g/mol. The smallest absolute Gasteiger partial charge is 0.157 e. The standard InChI is InChI=1S/C11H15NO3/c1-7-5-15-6-9(12-7)8-2-3-10(13)11(14)4-8/h2-4,7,9,12-14H,5-6H2,1H3. The molecule has 1 aliphatic heterocycles. The number of ether oxygens (including phenoxy) is 1. The van der Waals surface area contributed by atoms with Crippen molar-refractivity contribution >= 4 is 0 Å². The van der Waals surface area contributed by atoms with Gasteiger partial charge < -0.3 is 20.3 Å². The lowest BCUT2D eigenvalue weighted by molar-refractivity contribution is 0.0503.